The van der Waals surface area contributed by atoms with Crippen molar-refractivity contribution in [3.05, 3.63) is 131 Å². The molecular formula is C53H58N6O14. The maximum atomic E-state index is 13.7. The molecule has 73 heavy (non-hydrogen) atoms. The van der Waals surface area contributed by atoms with Gasteiger partial charge in [-0.2, -0.15) is 0 Å². The summed E-state index contributed by atoms with van der Waals surface area (Å²) >= 11 is 0. The van der Waals surface area contributed by atoms with Crippen LogP contribution in [-0.2, 0) is 28.4 Å². The van der Waals surface area contributed by atoms with Crippen LogP contribution in [0.5, 0.6) is 0 Å². The van der Waals surface area contributed by atoms with Crippen molar-refractivity contribution in [2.75, 3.05) is 69.2 Å². The fraction of sp³-hybridized carbons (Fsp3) is 0.396. The Morgan fingerprint density at radius 1 is 0.342 bits per heavy atom. The van der Waals surface area contributed by atoms with Crippen LogP contribution < -0.4 is 66.9 Å². The highest BCUT2D eigenvalue weighted by atomic mass is 16.6. The summed E-state index contributed by atoms with van der Waals surface area (Å²) in [4.78, 5) is 109. The van der Waals surface area contributed by atoms with Crippen molar-refractivity contribution in [1.82, 2.24) is 9.13 Å². The zero-order valence-corrected chi connectivity index (χ0v) is 41.5. The third kappa shape index (κ3) is 9.30. The third-order valence-corrected chi connectivity index (χ3v) is 13.3. The van der Waals surface area contributed by atoms with Crippen molar-refractivity contribution in [3.8, 4) is 0 Å². The van der Waals surface area contributed by atoms with Gasteiger partial charge in [-0.15, -0.1) is 0 Å². The molecule has 0 saturated heterocycles. The molecule has 8 rings (SSSR count). The quantitative estimate of drug-likeness (QED) is 0.0457. The Morgan fingerprint density at radius 2 is 0.575 bits per heavy atom. The smallest absolute Gasteiger partial charge is 0.264 e. The molecule has 0 radical (unpaired) electrons. The number of fused-ring (bicyclic) bond motifs is 6. The number of hydrogen-bond donors (Lipinski definition) is 4. The molecule has 0 saturated carbocycles. The largest absolute Gasteiger partial charge is 0.397 e. The zero-order chi connectivity index (χ0) is 52.9. The second kappa shape index (κ2) is 20.7. The maximum absolute atomic E-state index is 13.7. The molecule has 0 aliphatic carbocycles. The van der Waals surface area contributed by atoms with E-state index in [4.69, 9.17) is 51.4 Å². The predicted molar refractivity (Wildman–Crippen MR) is 284 cm³/mol. The summed E-state index contributed by atoms with van der Waals surface area (Å²) in [6.07, 6.45) is -1.75. The monoisotopic (exact) mass is 1000 g/mol. The van der Waals surface area contributed by atoms with Crippen LogP contribution in [0, 0.1) is 0 Å². The molecule has 8 aromatic rings. The first-order valence-corrected chi connectivity index (χ1v) is 24.0. The van der Waals surface area contributed by atoms with Crippen molar-refractivity contribution in [2.24, 2.45) is 0 Å². The highest BCUT2D eigenvalue weighted by Gasteiger charge is 2.29. The van der Waals surface area contributed by atoms with Crippen LogP contribution in [0.3, 0.4) is 0 Å². The Hall–Kier alpha value is -7.20. The van der Waals surface area contributed by atoms with Gasteiger partial charge in [0.15, 0.2) is 21.7 Å². The van der Waals surface area contributed by atoms with Crippen molar-refractivity contribution in [3.63, 3.8) is 0 Å². The standard InChI is InChI=1S/C53H58N6O14/c1-23(58-50(64)38-39(51(58)65)43(55)35-34(42(38)54)46(60)30-12-8-9-13-31(30)47(35)61)16-68-18-25(3)70-20-27(5)72-22-29(7)73-21-28(6)71-19-26(4)69-17-24(2)59-52(66)40-41(53(59)67)45(57)37-36(44(40)56)48(62)32-14-10-11-15-33(32)49(37)63/h8-15,23-29H,16-22,54-57H2,1-7H3. The lowest BCUT2D eigenvalue weighted by Crippen LogP contribution is -2.33. The number of benzene rings is 6. The van der Waals surface area contributed by atoms with Gasteiger partial charge in [0.2, 0.25) is 0 Å². The number of ether oxygens (including phenoxy) is 6. The van der Waals surface area contributed by atoms with E-state index >= 15 is 0 Å². The summed E-state index contributed by atoms with van der Waals surface area (Å²) in [6, 6.07) is 10.9. The van der Waals surface area contributed by atoms with Crippen LogP contribution >= 0.6 is 0 Å². The van der Waals surface area contributed by atoms with E-state index in [9.17, 15) is 38.4 Å². The topological polar surface area (TPSA) is 306 Å². The normalized spacial score (nSPS) is 15.2. The molecule has 384 valence electrons. The Morgan fingerprint density at radius 3 is 0.849 bits per heavy atom. The van der Waals surface area contributed by atoms with Gasteiger partial charge in [0.25, 0.3) is 22.2 Å². The van der Waals surface area contributed by atoms with Crippen molar-refractivity contribution < 1.29 is 28.4 Å². The number of hydrogen-bond acceptors (Lipinski definition) is 18. The lowest BCUT2D eigenvalue weighted by Gasteiger charge is -2.22. The molecule has 6 aromatic carbocycles. The molecule has 20 nitrogen and oxygen atoms in total. The first-order valence-electron chi connectivity index (χ1n) is 24.0. The third-order valence-electron chi connectivity index (χ3n) is 13.3. The number of nitrogens with two attached hydrogens (primary N) is 4. The lowest BCUT2D eigenvalue weighted by atomic mass is 9.97. The van der Waals surface area contributed by atoms with Crippen molar-refractivity contribution in [2.45, 2.75) is 91.1 Å². The fourth-order valence-electron chi connectivity index (χ4n) is 9.47. The summed E-state index contributed by atoms with van der Waals surface area (Å²) < 4.78 is 37.5. The molecule has 0 fully saturated rings. The number of nitrogens with zero attached hydrogens (tertiary/aromatic N) is 2. The van der Waals surface area contributed by atoms with Gasteiger partial charge in [-0.1, -0.05) is 48.5 Å². The van der Waals surface area contributed by atoms with E-state index in [0.717, 1.165) is 9.13 Å². The molecule has 0 amide bonds. The summed E-state index contributed by atoms with van der Waals surface area (Å²) in [5.74, 6) is 0. The lowest BCUT2D eigenvalue weighted by molar-refractivity contribution is -0.101. The van der Waals surface area contributed by atoms with Gasteiger partial charge in [-0.25, -0.2) is 0 Å². The number of nitrogen functional groups attached to an aromatic ring is 4. The molecule has 7 atom stereocenters. The maximum Gasteiger partial charge on any atom is 0.264 e. The minimum atomic E-state index is -0.768. The van der Waals surface area contributed by atoms with Gasteiger partial charge < -0.3 is 51.4 Å². The minimum absolute atomic E-state index is 0.0452. The highest BCUT2D eigenvalue weighted by Crippen LogP contribution is 2.33. The molecule has 20 heteroatoms. The van der Waals surface area contributed by atoms with E-state index in [0.29, 0.717) is 0 Å². The zero-order valence-electron chi connectivity index (χ0n) is 41.5. The Bertz CT molecular complexity index is 3700. The van der Waals surface area contributed by atoms with Crippen LogP contribution in [0.25, 0.3) is 64.6 Å². The van der Waals surface area contributed by atoms with Gasteiger partial charge in [0.1, 0.15) is 0 Å². The minimum Gasteiger partial charge on any atom is -0.397 e. The molecule has 0 spiro atoms. The molecule has 0 bridgehead atoms. The summed E-state index contributed by atoms with van der Waals surface area (Å²) in [5.41, 5.74) is 19.3. The highest BCUT2D eigenvalue weighted by molar-refractivity contribution is 6.22. The van der Waals surface area contributed by atoms with E-state index in [2.05, 4.69) is 0 Å². The second-order valence-electron chi connectivity index (χ2n) is 19.0. The van der Waals surface area contributed by atoms with Gasteiger partial charge in [-0.05, 0) is 48.5 Å². The van der Waals surface area contributed by atoms with Gasteiger partial charge in [0.05, 0.1) is 155 Å². The van der Waals surface area contributed by atoms with Gasteiger partial charge >= 0.3 is 0 Å². The Balaban J connectivity index is 0.760. The van der Waals surface area contributed by atoms with Crippen LogP contribution in [0.1, 0.15) is 60.5 Å². The van der Waals surface area contributed by atoms with Crippen LogP contribution in [-0.4, -0.2) is 85.9 Å². The molecule has 7 unspecified atom stereocenters. The summed E-state index contributed by atoms with van der Waals surface area (Å²) in [6.45, 7) is 13.3. The Labute approximate surface area is 414 Å². The molecule has 2 aromatic heterocycles. The number of aromatic nitrogens is 2. The SMILES string of the molecule is CC(COCC(C)n1c(=O)c2c(N)c3c(=O)c4ccccc4c(=O)c3c(N)c2c1=O)OCC(C)OCC(C)OCC(C)OCC(C)OCC(C)n1c(=O)c2c(N)c3c(=O)c4ccccc4c(=O)c3c(N)c2c1=O. The van der Waals surface area contributed by atoms with Gasteiger partial charge in [0, 0.05) is 21.5 Å². The van der Waals surface area contributed by atoms with Gasteiger partial charge in [-0.3, -0.25) is 47.5 Å². The van der Waals surface area contributed by atoms with E-state index in [1.165, 1.54) is 24.3 Å². The van der Waals surface area contributed by atoms with E-state index in [-0.39, 0.29) is 158 Å². The number of rotatable bonds is 21. The molecule has 0 aliphatic heterocycles. The van der Waals surface area contributed by atoms with Crippen molar-refractivity contribution in [1.29, 1.82) is 0 Å². The fourth-order valence-corrected chi connectivity index (χ4v) is 9.47. The summed E-state index contributed by atoms with van der Waals surface area (Å²) in [5, 5.41) is -1.01. The molecule has 8 N–H and O–H groups in total. The van der Waals surface area contributed by atoms with E-state index in [1.807, 2.05) is 20.8 Å². The van der Waals surface area contributed by atoms with E-state index in [1.54, 1.807) is 52.0 Å². The average molecular weight is 1000 g/mol. The second-order valence-corrected chi connectivity index (χ2v) is 19.0. The predicted octanol–water partition coefficient (Wildman–Crippen LogP) is 3.03. The summed E-state index contributed by atoms with van der Waals surface area (Å²) in [7, 11) is 0. The average Bonchev–Trinajstić information content (AvgIpc) is 3.80. The first kappa shape index (κ1) is 52.1. The molecular weight excluding hydrogens is 945 g/mol. The van der Waals surface area contributed by atoms with Crippen LogP contribution in [0.15, 0.2) is 86.9 Å². The first-order chi connectivity index (χ1) is 34.7. The Kier molecular flexibility index (Phi) is 14.8. The number of anilines is 4. The van der Waals surface area contributed by atoms with Crippen LogP contribution in [0.2, 0.25) is 0 Å². The molecule has 0 aliphatic rings. The van der Waals surface area contributed by atoms with Crippen LogP contribution in [0.4, 0.5) is 22.7 Å². The van der Waals surface area contributed by atoms with Crippen molar-refractivity contribution >= 4 is 87.4 Å². The molecule has 2 heterocycles. The van der Waals surface area contributed by atoms with E-state index < -0.39 is 62.1 Å².